The third kappa shape index (κ3) is 3.48. The minimum absolute atomic E-state index is 0.166. The molecule has 0 heterocycles. The smallest absolute Gasteiger partial charge is 0.171 e. The molecule has 0 aliphatic carbocycles. The second kappa shape index (κ2) is 6.91. The van der Waals surface area contributed by atoms with E-state index in [-0.39, 0.29) is 18.2 Å². The molecule has 4 heteroatoms. The van der Waals surface area contributed by atoms with Crippen molar-refractivity contribution < 1.29 is 13.9 Å². The van der Waals surface area contributed by atoms with Crippen LogP contribution in [0.4, 0.5) is 4.39 Å². The third-order valence-electron chi connectivity index (χ3n) is 3.01. The van der Waals surface area contributed by atoms with Crippen LogP contribution in [0, 0.1) is 5.82 Å². The minimum Gasteiger partial charge on any atom is -0.494 e. The fourth-order valence-corrected chi connectivity index (χ4v) is 1.91. The molecule has 2 aromatic rings. The van der Waals surface area contributed by atoms with Crippen molar-refractivity contribution in [1.82, 2.24) is 0 Å². The van der Waals surface area contributed by atoms with Crippen molar-refractivity contribution in [1.29, 1.82) is 0 Å². The van der Waals surface area contributed by atoms with E-state index in [4.69, 9.17) is 15.2 Å². The van der Waals surface area contributed by atoms with Crippen molar-refractivity contribution in [2.45, 2.75) is 13.0 Å². The maximum absolute atomic E-state index is 13.9. The van der Waals surface area contributed by atoms with E-state index in [0.717, 1.165) is 12.0 Å². The van der Waals surface area contributed by atoms with Crippen molar-refractivity contribution in [2.24, 2.45) is 5.73 Å². The minimum atomic E-state index is -0.380. The van der Waals surface area contributed by atoms with Crippen LogP contribution >= 0.6 is 0 Å². The van der Waals surface area contributed by atoms with E-state index in [1.165, 1.54) is 7.11 Å². The molecular weight excluding hydrogens is 257 g/mol. The van der Waals surface area contributed by atoms with Gasteiger partial charge in [0.2, 0.25) is 0 Å². The molecule has 0 aromatic heterocycles. The standard InChI is InChI=1S/C16H18FNO2/c1-19-15-4-2-3-13(16(15)17)11-20-14-7-5-12(6-8-14)9-10-18/h2-8H,9-11,18H2,1H3. The summed E-state index contributed by atoms with van der Waals surface area (Å²) in [5.41, 5.74) is 7.12. The van der Waals surface area contributed by atoms with Gasteiger partial charge in [-0.05, 0) is 36.7 Å². The molecule has 0 aliphatic rings. The van der Waals surface area contributed by atoms with Crippen LogP contribution in [0.25, 0.3) is 0 Å². The molecule has 0 aliphatic heterocycles. The summed E-state index contributed by atoms with van der Waals surface area (Å²) in [5, 5.41) is 0. The Morgan fingerprint density at radius 3 is 2.50 bits per heavy atom. The monoisotopic (exact) mass is 275 g/mol. The maximum atomic E-state index is 13.9. The van der Waals surface area contributed by atoms with Gasteiger partial charge >= 0.3 is 0 Å². The number of hydrogen-bond donors (Lipinski definition) is 1. The van der Waals surface area contributed by atoms with Gasteiger partial charge in [-0.3, -0.25) is 0 Å². The molecule has 0 saturated heterocycles. The lowest BCUT2D eigenvalue weighted by Gasteiger charge is -2.10. The molecule has 0 fully saturated rings. The van der Waals surface area contributed by atoms with Gasteiger partial charge in [-0.1, -0.05) is 24.3 Å². The van der Waals surface area contributed by atoms with Gasteiger partial charge in [-0.15, -0.1) is 0 Å². The van der Waals surface area contributed by atoms with E-state index in [1.54, 1.807) is 18.2 Å². The van der Waals surface area contributed by atoms with Gasteiger partial charge in [-0.2, -0.15) is 0 Å². The summed E-state index contributed by atoms with van der Waals surface area (Å²) < 4.78 is 24.4. The molecule has 0 unspecified atom stereocenters. The van der Waals surface area contributed by atoms with Crippen LogP contribution in [0.15, 0.2) is 42.5 Å². The molecule has 0 amide bonds. The van der Waals surface area contributed by atoms with Crippen LogP contribution in [-0.2, 0) is 13.0 Å². The molecule has 2 rings (SSSR count). The van der Waals surface area contributed by atoms with E-state index in [1.807, 2.05) is 24.3 Å². The largest absolute Gasteiger partial charge is 0.494 e. The Hall–Kier alpha value is -2.07. The molecule has 2 aromatic carbocycles. The van der Waals surface area contributed by atoms with E-state index in [9.17, 15) is 4.39 Å². The lowest BCUT2D eigenvalue weighted by molar-refractivity contribution is 0.295. The van der Waals surface area contributed by atoms with Gasteiger partial charge in [0, 0.05) is 5.56 Å². The summed E-state index contributed by atoms with van der Waals surface area (Å²) in [7, 11) is 1.44. The number of nitrogens with two attached hydrogens (primary N) is 1. The van der Waals surface area contributed by atoms with Gasteiger partial charge in [0.1, 0.15) is 12.4 Å². The van der Waals surface area contributed by atoms with E-state index in [2.05, 4.69) is 0 Å². The maximum Gasteiger partial charge on any atom is 0.171 e. The van der Waals surface area contributed by atoms with Crippen LogP contribution in [0.2, 0.25) is 0 Å². The highest BCUT2D eigenvalue weighted by atomic mass is 19.1. The second-order valence-electron chi connectivity index (χ2n) is 4.40. The molecular formula is C16H18FNO2. The van der Waals surface area contributed by atoms with Crippen molar-refractivity contribution in [3.8, 4) is 11.5 Å². The highest BCUT2D eigenvalue weighted by Crippen LogP contribution is 2.21. The van der Waals surface area contributed by atoms with Crippen molar-refractivity contribution >= 4 is 0 Å². The zero-order chi connectivity index (χ0) is 14.4. The van der Waals surface area contributed by atoms with E-state index >= 15 is 0 Å². The Balaban J connectivity index is 2.01. The lowest BCUT2D eigenvalue weighted by atomic mass is 10.1. The number of benzene rings is 2. The first-order valence-electron chi connectivity index (χ1n) is 6.47. The van der Waals surface area contributed by atoms with Gasteiger partial charge < -0.3 is 15.2 Å². The number of hydrogen-bond acceptors (Lipinski definition) is 3. The highest BCUT2D eigenvalue weighted by Gasteiger charge is 2.08. The summed E-state index contributed by atoms with van der Waals surface area (Å²) in [6.07, 6.45) is 0.838. The van der Waals surface area contributed by atoms with Crippen LogP contribution < -0.4 is 15.2 Å². The van der Waals surface area contributed by atoms with Crippen LogP contribution in [0.3, 0.4) is 0 Å². The molecule has 0 spiro atoms. The van der Waals surface area contributed by atoms with Crippen LogP contribution in [0.1, 0.15) is 11.1 Å². The molecule has 0 radical (unpaired) electrons. The lowest BCUT2D eigenvalue weighted by Crippen LogP contribution is -2.03. The number of ether oxygens (including phenoxy) is 2. The van der Waals surface area contributed by atoms with E-state index < -0.39 is 0 Å². The van der Waals surface area contributed by atoms with Gasteiger partial charge in [0.05, 0.1) is 7.11 Å². The predicted octanol–water partition coefficient (Wildman–Crippen LogP) is 2.91. The second-order valence-corrected chi connectivity index (χ2v) is 4.40. The van der Waals surface area contributed by atoms with Crippen LogP contribution in [-0.4, -0.2) is 13.7 Å². The summed E-state index contributed by atoms with van der Waals surface area (Å²) in [6.45, 7) is 0.786. The number of methoxy groups -OCH3 is 1. The van der Waals surface area contributed by atoms with E-state index in [0.29, 0.717) is 17.9 Å². The number of rotatable bonds is 6. The predicted molar refractivity (Wildman–Crippen MR) is 76.5 cm³/mol. The quantitative estimate of drug-likeness (QED) is 0.881. The van der Waals surface area contributed by atoms with Crippen molar-refractivity contribution in [2.75, 3.05) is 13.7 Å². The topological polar surface area (TPSA) is 44.5 Å². The SMILES string of the molecule is COc1cccc(COc2ccc(CCN)cc2)c1F. The Labute approximate surface area is 118 Å². The Morgan fingerprint density at radius 2 is 1.85 bits per heavy atom. The normalized spacial score (nSPS) is 10.3. The Kier molecular flexibility index (Phi) is 4.96. The first kappa shape index (κ1) is 14.3. The van der Waals surface area contributed by atoms with Crippen LogP contribution in [0.5, 0.6) is 11.5 Å². The summed E-state index contributed by atoms with van der Waals surface area (Å²) in [6, 6.07) is 12.7. The Morgan fingerprint density at radius 1 is 1.10 bits per heavy atom. The average molecular weight is 275 g/mol. The van der Waals surface area contributed by atoms with Crippen molar-refractivity contribution in [3.63, 3.8) is 0 Å². The van der Waals surface area contributed by atoms with Gasteiger partial charge in [0.15, 0.2) is 11.6 Å². The van der Waals surface area contributed by atoms with Gasteiger partial charge in [-0.25, -0.2) is 4.39 Å². The first-order valence-corrected chi connectivity index (χ1v) is 6.47. The molecule has 20 heavy (non-hydrogen) atoms. The summed E-state index contributed by atoms with van der Waals surface area (Å²) in [4.78, 5) is 0. The summed E-state index contributed by atoms with van der Waals surface area (Å²) in [5.74, 6) is 0.548. The first-order chi connectivity index (χ1) is 9.74. The molecule has 3 nitrogen and oxygen atoms in total. The van der Waals surface area contributed by atoms with Gasteiger partial charge in [0.25, 0.3) is 0 Å². The molecule has 2 N–H and O–H groups in total. The third-order valence-corrected chi connectivity index (χ3v) is 3.01. The fourth-order valence-electron chi connectivity index (χ4n) is 1.91. The zero-order valence-corrected chi connectivity index (χ0v) is 11.4. The molecule has 0 atom stereocenters. The molecule has 0 saturated carbocycles. The molecule has 0 bridgehead atoms. The highest BCUT2D eigenvalue weighted by molar-refractivity contribution is 5.32. The Bertz CT molecular complexity index is 555. The summed E-state index contributed by atoms with van der Waals surface area (Å²) >= 11 is 0. The fraction of sp³-hybridized carbons (Fsp3) is 0.250. The average Bonchev–Trinajstić information content (AvgIpc) is 2.48. The molecule has 106 valence electrons. The number of halogens is 1. The van der Waals surface area contributed by atoms with Crippen molar-refractivity contribution in [3.05, 3.63) is 59.4 Å². The zero-order valence-electron chi connectivity index (χ0n) is 11.4.